The highest BCUT2D eigenvalue weighted by Gasteiger charge is 2.43. The van der Waals surface area contributed by atoms with Crippen molar-refractivity contribution in [3.8, 4) is 22.9 Å². The number of halogens is 5. The summed E-state index contributed by atoms with van der Waals surface area (Å²) < 4.78 is 78.9. The van der Waals surface area contributed by atoms with Crippen LogP contribution in [0.5, 0.6) is 11.5 Å². The first kappa shape index (κ1) is 31.1. The molecule has 0 spiro atoms. The zero-order chi connectivity index (χ0) is 33.2. The van der Waals surface area contributed by atoms with Crippen LogP contribution < -0.4 is 9.47 Å². The predicted octanol–water partition coefficient (Wildman–Crippen LogP) is 7.71. The molecule has 250 valence electrons. The number of fused-ring (bicyclic) bond motifs is 2. The summed E-state index contributed by atoms with van der Waals surface area (Å²) in [5.74, 6) is -1.08. The number of para-hydroxylation sites is 1. The van der Waals surface area contributed by atoms with Gasteiger partial charge in [0.25, 0.3) is 5.79 Å². The van der Waals surface area contributed by atoms with E-state index in [2.05, 4.69) is 24.1 Å². The van der Waals surface area contributed by atoms with Gasteiger partial charge in [-0.15, -0.1) is 0 Å². The first-order chi connectivity index (χ1) is 23.0. The molecule has 14 heteroatoms. The second-order valence-corrected chi connectivity index (χ2v) is 13.0. The van der Waals surface area contributed by atoms with Gasteiger partial charge in [-0.3, -0.25) is 4.90 Å². The summed E-state index contributed by atoms with van der Waals surface area (Å²) in [5, 5.41) is 3.85. The smallest absolute Gasteiger partial charge is 0.444 e. The molecule has 0 N–H and O–H groups in total. The van der Waals surface area contributed by atoms with E-state index in [9.17, 15) is 17.6 Å². The van der Waals surface area contributed by atoms with Crippen LogP contribution in [0.1, 0.15) is 54.9 Å². The van der Waals surface area contributed by atoms with Gasteiger partial charge in [0, 0.05) is 29.7 Å². The van der Waals surface area contributed by atoms with Crippen LogP contribution in [0.4, 0.5) is 17.6 Å². The standard InChI is InChI=1S/C34H30ClF4N5O4/c1-33(24-7-6-21(35)16-25(24)36)46-28-4-2-3-23(30(28)47-33)19-9-12-43(13-10-19)18-29-40-26-8-5-20(31-41-32(48-42-31)34(37,38)39)15-27(26)44(29)17-22-11-14-45-22/h2-8,15-16,19,22H,9-14,17-18H2,1H3. The molecule has 5 heterocycles. The lowest BCUT2D eigenvalue weighted by molar-refractivity contribution is -0.159. The lowest BCUT2D eigenvalue weighted by Gasteiger charge is -2.33. The molecule has 3 aromatic carbocycles. The largest absolute Gasteiger partial charge is 0.471 e. The predicted molar refractivity (Wildman–Crippen MR) is 166 cm³/mol. The maximum atomic E-state index is 14.9. The molecule has 2 fully saturated rings. The van der Waals surface area contributed by atoms with Gasteiger partial charge in [-0.1, -0.05) is 28.9 Å². The lowest BCUT2D eigenvalue weighted by atomic mass is 9.88. The summed E-state index contributed by atoms with van der Waals surface area (Å²) in [5.41, 5.74) is 3.20. The molecule has 5 aromatic rings. The highest BCUT2D eigenvalue weighted by molar-refractivity contribution is 6.30. The number of likely N-dealkylation sites (tertiary alicyclic amines) is 1. The molecule has 2 aromatic heterocycles. The Bertz CT molecular complexity index is 2000. The van der Waals surface area contributed by atoms with Crippen molar-refractivity contribution >= 4 is 22.6 Å². The average molecular weight is 684 g/mol. The van der Waals surface area contributed by atoms with Crippen molar-refractivity contribution in [2.45, 2.75) is 63.3 Å². The van der Waals surface area contributed by atoms with Crippen LogP contribution in [0.3, 0.4) is 0 Å². The van der Waals surface area contributed by atoms with Crippen LogP contribution in [0.15, 0.2) is 59.1 Å². The topological polar surface area (TPSA) is 87.7 Å². The lowest BCUT2D eigenvalue weighted by Crippen LogP contribution is -2.35. The van der Waals surface area contributed by atoms with Crippen LogP contribution in [0, 0.1) is 5.82 Å². The number of alkyl halides is 3. The van der Waals surface area contributed by atoms with Gasteiger partial charge in [-0.05, 0) is 80.7 Å². The number of aromatic nitrogens is 4. The number of piperidine rings is 1. The van der Waals surface area contributed by atoms with Gasteiger partial charge in [0.15, 0.2) is 11.5 Å². The van der Waals surface area contributed by atoms with Crippen molar-refractivity contribution in [1.29, 1.82) is 0 Å². The van der Waals surface area contributed by atoms with Crippen molar-refractivity contribution in [2.24, 2.45) is 0 Å². The highest BCUT2D eigenvalue weighted by Crippen LogP contribution is 2.50. The van der Waals surface area contributed by atoms with E-state index in [0.717, 1.165) is 54.8 Å². The zero-order valence-corrected chi connectivity index (χ0v) is 26.5. The Morgan fingerprint density at radius 3 is 2.52 bits per heavy atom. The summed E-state index contributed by atoms with van der Waals surface area (Å²) in [6.45, 7) is 5.17. The summed E-state index contributed by atoms with van der Waals surface area (Å²) in [6, 6.07) is 15.4. The van der Waals surface area contributed by atoms with Crippen LogP contribution in [0.25, 0.3) is 22.4 Å². The van der Waals surface area contributed by atoms with E-state index in [-0.39, 0.29) is 23.4 Å². The fourth-order valence-electron chi connectivity index (χ4n) is 6.76. The Hall–Kier alpha value is -4.20. The molecule has 0 bridgehead atoms. The molecule has 48 heavy (non-hydrogen) atoms. The first-order valence-electron chi connectivity index (χ1n) is 15.7. The third-order valence-electron chi connectivity index (χ3n) is 9.36. The first-order valence-corrected chi connectivity index (χ1v) is 16.1. The Kier molecular flexibility index (Phi) is 7.61. The number of imidazole rings is 1. The number of ether oxygens (including phenoxy) is 3. The van der Waals surface area contributed by atoms with Gasteiger partial charge in [0.05, 0.1) is 35.8 Å². The van der Waals surface area contributed by atoms with Crippen molar-refractivity contribution in [3.63, 3.8) is 0 Å². The van der Waals surface area contributed by atoms with Crippen LogP contribution in [0.2, 0.25) is 5.02 Å². The van der Waals surface area contributed by atoms with Gasteiger partial charge in [0.2, 0.25) is 5.82 Å². The maximum absolute atomic E-state index is 14.9. The van der Waals surface area contributed by atoms with Crippen molar-refractivity contribution in [1.82, 2.24) is 24.6 Å². The molecular weight excluding hydrogens is 654 g/mol. The Morgan fingerprint density at radius 2 is 1.81 bits per heavy atom. The van der Waals surface area contributed by atoms with Gasteiger partial charge >= 0.3 is 12.1 Å². The summed E-state index contributed by atoms with van der Waals surface area (Å²) >= 11 is 5.98. The van der Waals surface area contributed by atoms with Crippen LogP contribution in [-0.2, 0) is 29.8 Å². The number of hydrogen-bond donors (Lipinski definition) is 0. The number of nitrogens with zero attached hydrogens (tertiary/aromatic N) is 5. The minimum Gasteiger partial charge on any atom is -0.444 e. The quantitative estimate of drug-likeness (QED) is 0.161. The Labute approximate surface area is 277 Å². The summed E-state index contributed by atoms with van der Waals surface area (Å²) in [6.07, 6.45) is -2.05. The minimum absolute atomic E-state index is 0.0342. The second kappa shape index (κ2) is 11.7. The third kappa shape index (κ3) is 5.67. The SMILES string of the molecule is CC1(c2ccc(Cl)cc2F)Oc2cccc(C3CCN(Cc4nc5ccc(-c6noc(C(F)(F)F)n6)cc5n4CC4CCO4)CC3)c2O1. The molecule has 0 radical (unpaired) electrons. The van der Waals surface area contributed by atoms with E-state index in [4.69, 9.17) is 30.8 Å². The fourth-order valence-corrected chi connectivity index (χ4v) is 6.92. The molecule has 2 atom stereocenters. The van der Waals surface area contributed by atoms with Crippen molar-refractivity contribution < 1.29 is 36.3 Å². The van der Waals surface area contributed by atoms with E-state index >= 15 is 0 Å². The molecule has 0 amide bonds. The fraction of sp³-hybridized carbons (Fsp3) is 0.382. The van der Waals surface area contributed by atoms with Crippen molar-refractivity contribution in [3.05, 3.63) is 88.3 Å². The molecule has 0 saturated carbocycles. The monoisotopic (exact) mass is 683 g/mol. The molecular formula is C34H30ClF4N5O4. The molecule has 2 unspecified atom stereocenters. The van der Waals surface area contributed by atoms with Crippen molar-refractivity contribution in [2.75, 3.05) is 19.7 Å². The number of rotatable bonds is 7. The van der Waals surface area contributed by atoms with Gasteiger partial charge in [0.1, 0.15) is 11.6 Å². The molecule has 8 rings (SSSR count). The second-order valence-electron chi connectivity index (χ2n) is 12.5. The average Bonchev–Trinajstić information content (AvgIpc) is 3.74. The summed E-state index contributed by atoms with van der Waals surface area (Å²) in [4.78, 5) is 10.8. The molecule has 9 nitrogen and oxygen atoms in total. The van der Waals surface area contributed by atoms with Crippen LogP contribution in [-0.4, -0.2) is 50.4 Å². The summed E-state index contributed by atoms with van der Waals surface area (Å²) in [7, 11) is 0. The van der Waals surface area contributed by atoms with Gasteiger partial charge in [-0.2, -0.15) is 18.2 Å². The number of benzene rings is 3. The normalized spacial score (nSPS) is 21.6. The van der Waals surface area contributed by atoms with E-state index in [1.165, 1.54) is 6.07 Å². The molecule has 3 aliphatic rings. The Balaban J connectivity index is 1.00. The van der Waals surface area contributed by atoms with E-state index in [1.54, 1.807) is 37.3 Å². The van der Waals surface area contributed by atoms with Crippen LogP contribution >= 0.6 is 11.6 Å². The molecule has 0 aliphatic carbocycles. The maximum Gasteiger partial charge on any atom is 0.471 e. The van der Waals surface area contributed by atoms with E-state index in [0.29, 0.717) is 41.8 Å². The third-order valence-corrected chi connectivity index (χ3v) is 9.59. The Morgan fingerprint density at radius 1 is 1.00 bits per heavy atom. The highest BCUT2D eigenvalue weighted by atomic mass is 35.5. The van der Waals surface area contributed by atoms with Gasteiger partial charge in [-0.25, -0.2) is 9.37 Å². The molecule has 2 saturated heterocycles. The minimum atomic E-state index is -4.72. The molecule has 3 aliphatic heterocycles. The zero-order valence-electron chi connectivity index (χ0n) is 25.8. The number of hydrogen-bond acceptors (Lipinski definition) is 8. The van der Waals surface area contributed by atoms with E-state index in [1.807, 2.05) is 18.2 Å². The van der Waals surface area contributed by atoms with Gasteiger partial charge < -0.3 is 23.3 Å². The van der Waals surface area contributed by atoms with E-state index < -0.39 is 23.7 Å².